The summed E-state index contributed by atoms with van der Waals surface area (Å²) in [5, 5.41) is 8.91. The number of carbonyl (C=O) groups excluding carboxylic acids is 1. The van der Waals surface area contributed by atoms with Gasteiger partial charge in [0.25, 0.3) is 5.91 Å². The highest BCUT2D eigenvalue weighted by Gasteiger charge is 2.52. The summed E-state index contributed by atoms with van der Waals surface area (Å²) in [4.78, 5) is 15.0. The largest absolute Gasteiger partial charge is 0.368 e. The Morgan fingerprint density at radius 2 is 1.88 bits per heavy atom. The Morgan fingerprint density at radius 3 is 2.50 bits per heavy atom. The lowest BCUT2D eigenvalue weighted by Crippen LogP contribution is -2.63. The molecule has 4 rings (SSSR count). The maximum atomic E-state index is 13.1. The van der Waals surface area contributed by atoms with Crippen molar-refractivity contribution < 1.29 is 9.53 Å². The van der Waals surface area contributed by atoms with E-state index < -0.39 is 5.60 Å². The van der Waals surface area contributed by atoms with Crippen molar-refractivity contribution in [2.24, 2.45) is 5.73 Å². The molecule has 1 aromatic heterocycles. The highest BCUT2D eigenvalue weighted by molar-refractivity contribution is 5.87. The average molecular weight is 333 g/mol. The van der Waals surface area contributed by atoms with Gasteiger partial charge < -0.3 is 19.9 Å². The third kappa shape index (κ3) is 2.29. The van der Waals surface area contributed by atoms with Gasteiger partial charge >= 0.3 is 0 Å². The summed E-state index contributed by atoms with van der Waals surface area (Å²) in [6.07, 6.45) is 6.18. The van der Waals surface area contributed by atoms with Crippen LogP contribution in [0.25, 0.3) is 0 Å². The van der Waals surface area contributed by atoms with E-state index in [2.05, 4.69) is 14.8 Å². The van der Waals surface area contributed by atoms with E-state index in [1.54, 1.807) is 7.11 Å². The number of rotatable bonds is 3. The molecule has 1 atom stereocenters. The molecule has 132 valence electrons. The second kappa shape index (κ2) is 5.81. The first-order valence-electron chi connectivity index (χ1n) is 9.10. The van der Waals surface area contributed by atoms with Gasteiger partial charge in [0.2, 0.25) is 0 Å². The summed E-state index contributed by atoms with van der Waals surface area (Å²) >= 11 is 0. The minimum atomic E-state index is -0.732. The number of hydrogen-bond acceptors (Lipinski definition) is 5. The number of ether oxygens (including phenoxy) is 1. The van der Waals surface area contributed by atoms with E-state index in [0.29, 0.717) is 25.3 Å². The van der Waals surface area contributed by atoms with E-state index >= 15 is 0 Å². The van der Waals surface area contributed by atoms with Crippen molar-refractivity contribution in [2.45, 2.75) is 75.6 Å². The monoisotopic (exact) mass is 333 g/mol. The molecule has 24 heavy (non-hydrogen) atoms. The molecule has 2 aliphatic carbocycles. The summed E-state index contributed by atoms with van der Waals surface area (Å²) in [6, 6.07) is -0.00984. The molecule has 2 saturated carbocycles. The molecule has 3 aliphatic rings. The van der Waals surface area contributed by atoms with Gasteiger partial charge in [0.1, 0.15) is 11.4 Å². The fourth-order valence-electron chi connectivity index (χ4n) is 4.65. The molecule has 1 aliphatic heterocycles. The van der Waals surface area contributed by atoms with E-state index in [0.717, 1.165) is 18.2 Å². The molecule has 0 radical (unpaired) electrons. The Kier molecular flexibility index (Phi) is 3.88. The van der Waals surface area contributed by atoms with Crippen molar-refractivity contribution in [2.75, 3.05) is 13.7 Å². The van der Waals surface area contributed by atoms with Crippen LogP contribution in [0.5, 0.6) is 0 Å². The van der Waals surface area contributed by atoms with Gasteiger partial charge in [0.15, 0.2) is 5.82 Å². The highest BCUT2D eigenvalue weighted by Crippen LogP contribution is 2.40. The highest BCUT2D eigenvalue weighted by atomic mass is 16.5. The molecule has 1 aromatic rings. The first-order valence-corrected chi connectivity index (χ1v) is 9.10. The van der Waals surface area contributed by atoms with E-state index in [-0.39, 0.29) is 18.0 Å². The first-order chi connectivity index (χ1) is 11.6. The molecule has 7 heteroatoms. The van der Waals surface area contributed by atoms with Gasteiger partial charge in [-0.25, -0.2) is 0 Å². The van der Waals surface area contributed by atoms with Crippen LogP contribution in [0.2, 0.25) is 0 Å². The van der Waals surface area contributed by atoms with Crippen LogP contribution in [0.15, 0.2) is 0 Å². The molecule has 0 bridgehead atoms. The molecule has 1 unspecified atom stereocenters. The normalized spacial score (nSPS) is 33.4. The van der Waals surface area contributed by atoms with E-state index in [9.17, 15) is 4.79 Å². The van der Waals surface area contributed by atoms with Crippen LogP contribution < -0.4 is 5.73 Å². The molecule has 1 amide bonds. The van der Waals surface area contributed by atoms with Gasteiger partial charge in [0.05, 0.1) is 6.04 Å². The molecule has 2 N–H and O–H groups in total. The minimum absolute atomic E-state index is 0.0517. The van der Waals surface area contributed by atoms with Crippen molar-refractivity contribution in [1.29, 1.82) is 0 Å². The van der Waals surface area contributed by atoms with E-state index in [4.69, 9.17) is 10.5 Å². The summed E-state index contributed by atoms with van der Waals surface area (Å²) in [5.41, 5.74) is 5.17. The number of nitrogens with two attached hydrogens (primary N) is 1. The Labute approximate surface area is 142 Å². The zero-order valence-electron chi connectivity index (χ0n) is 14.6. The van der Waals surface area contributed by atoms with E-state index in [1.165, 1.54) is 25.7 Å². The van der Waals surface area contributed by atoms with Gasteiger partial charge in [-0.15, -0.1) is 10.2 Å². The second-order valence-corrected chi connectivity index (χ2v) is 7.59. The van der Waals surface area contributed by atoms with Crippen LogP contribution in [-0.2, 0) is 16.1 Å². The fourth-order valence-corrected chi connectivity index (χ4v) is 4.65. The van der Waals surface area contributed by atoms with Crippen LogP contribution in [-0.4, -0.2) is 50.9 Å². The molecule has 0 aromatic carbocycles. The lowest BCUT2D eigenvalue weighted by Gasteiger charge is -2.47. The Morgan fingerprint density at radius 1 is 1.21 bits per heavy atom. The van der Waals surface area contributed by atoms with Crippen molar-refractivity contribution in [3.05, 3.63) is 11.6 Å². The molecule has 0 spiro atoms. The SMILES string of the molecule is COC1(C(=O)N2CCn3c(C4CCCC4)nnc3C2C)CC(N)C1. The summed E-state index contributed by atoms with van der Waals surface area (Å²) in [5.74, 6) is 2.62. The van der Waals surface area contributed by atoms with Crippen LogP contribution in [0.3, 0.4) is 0 Å². The van der Waals surface area contributed by atoms with Crippen molar-refractivity contribution in [3.8, 4) is 0 Å². The Hall–Kier alpha value is -1.47. The molecule has 7 nitrogen and oxygen atoms in total. The topological polar surface area (TPSA) is 86.3 Å². The van der Waals surface area contributed by atoms with Crippen LogP contribution in [0.1, 0.15) is 69.1 Å². The van der Waals surface area contributed by atoms with Gasteiger partial charge in [-0.1, -0.05) is 12.8 Å². The maximum Gasteiger partial charge on any atom is 0.255 e. The van der Waals surface area contributed by atoms with Gasteiger partial charge in [-0.2, -0.15) is 0 Å². The predicted octanol–water partition coefficient (Wildman–Crippen LogP) is 1.35. The predicted molar refractivity (Wildman–Crippen MR) is 88.3 cm³/mol. The number of carbonyl (C=O) groups is 1. The van der Waals surface area contributed by atoms with Crippen molar-refractivity contribution >= 4 is 5.91 Å². The first kappa shape index (κ1) is 16.0. The van der Waals surface area contributed by atoms with Gasteiger partial charge in [-0.3, -0.25) is 4.79 Å². The van der Waals surface area contributed by atoms with Crippen LogP contribution in [0.4, 0.5) is 0 Å². The number of hydrogen-bond donors (Lipinski definition) is 1. The molecular weight excluding hydrogens is 306 g/mol. The van der Waals surface area contributed by atoms with Gasteiger partial charge in [-0.05, 0) is 19.8 Å². The Bertz CT molecular complexity index is 631. The van der Waals surface area contributed by atoms with Crippen LogP contribution in [0, 0.1) is 0 Å². The third-order valence-electron chi connectivity index (χ3n) is 6.16. The number of fused-ring (bicyclic) bond motifs is 1. The van der Waals surface area contributed by atoms with Crippen molar-refractivity contribution in [1.82, 2.24) is 19.7 Å². The zero-order chi connectivity index (χ0) is 16.9. The zero-order valence-corrected chi connectivity index (χ0v) is 14.6. The van der Waals surface area contributed by atoms with Crippen LogP contribution >= 0.6 is 0 Å². The summed E-state index contributed by atoms with van der Waals surface area (Å²) in [7, 11) is 1.61. The molecule has 2 heterocycles. The molecular formula is C17H27N5O2. The maximum absolute atomic E-state index is 13.1. The smallest absolute Gasteiger partial charge is 0.255 e. The summed E-state index contributed by atoms with van der Waals surface area (Å²) in [6.45, 7) is 3.50. The minimum Gasteiger partial charge on any atom is -0.368 e. The standard InChI is InChI=1S/C17H27N5O2/c1-11-14-19-20-15(12-5-3-4-6-12)22(14)8-7-21(11)16(23)17(24-2)9-13(18)10-17/h11-13H,3-10,18H2,1-2H3. The Balaban J connectivity index is 1.56. The molecule has 2 fully saturated rings. The fraction of sp³-hybridized carbons (Fsp3) is 0.824. The quantitative estimate of drug-likeness (QED) is 0.902. The lowest BCUT2D eigenvalue weighted by atomic mass is 9.74. The lowest BCUT2D eigenvalue weighted by molar-refractivity contribution is -0.171. The average Bonchev–Trinajstić information content (AvgIpc) is 3.20. The number of nitrogens with zero attached hydrogens (tertiary/aromatic N) is 4. The van der Waals surface area contributed by atoms with Gasteiger partial charge in [0, 0.05) is 45.0 Å². The van der Waals surface area contributed by atoms with E-state index in [1.807, 2.05) is 11.8 Å². The number of amides is 1. The number of aromatic nitrogens is 3. The summed E-state index contributed by atoms with van der Waals surface area (Å²) < 4.78 is 7.81. The van der Waals surface area contributed by atoms with Crippen molar-refractivity contribution in [3.63, 3.8) is 0 Å². The number of methoxy groups -OCH3 is 1. The second-order valence-electron chi connectivity index (χ2n) is 7.59. The third-order valence-corrected chi connectivity index (χ3v) is 6.16. The molecule has 0 saturated heterocycles.